The maximum absolute atomic E-state index is 13.7. The van der Waals surface area contributed by atoms with Gasteiger partial charge in [-0.15, -0.1) is 0 Å². The van der Waals surface area contributed by atoms with Gasteiger partial charge >= 0.3 is 0 Å². The van der Waals surface area contributed by atoms with Crippen molar-refractivity contribution in [2.75, 3.05) is 5.32 Å². The minimum atomic E-state index is -4.14. The zero-order valence-electron chi connectivity index (χ0n) is 15.2. The van der Waals surface area contributed by atoms with Crippen LogP contribution in [0.4, 0.5) is 10.1 Å². The molecule has 5 nitrogen and oxygen atoms in total. The first-order valence-electron chi connectivity index (χ1n) is 8.19. The Morgan fingerprint density at radius 2 is 1.62 bits per heavy atom. The zero-order valence-corrected chi connectivity index (χ0v) is 16.0. The van der Waals surface area contributed by atoms with Crippen molar-refractivity contribution in [2.45, 2.75) is 44.0 Å². The topological polar surface area (TPSA) is 75.3 Å². The largest absolute Gasteiger partial charge is 0.325 e. The number of nitrogens with one attached hydrogen (secondary N) is 2. The molecule has 140 valence electrons. The van der Waals surface area contributed by atoms with Crippen molar-refractivity contribution in [3.8, 4) is 0 Å². The van der Waals surface area contributed by atoms with Gasteiger partial charge in [-0.2, -0.15) is 4.72 Å². The van der Waals surface area contributed by atoms with Crippen LogP contribution in [0.15, 0.2) is 53.4 Å². The minimum absolute atomic E-state index is 0.00871. The van der Waals surface area contributed by atoms with Gasteiger partial charge in [0.05, 0.1) is 6.04 Å². The number of carbonyl (C=O) groups excluding carboxylic acids is 1. The predicted molar refractivity (Wildman–Crippen MR) is 100.0 cm³/mol. The fourth-order valence-electron chi connectivity index (χ4n) is 2.32. The maximum Gasteiger partial charge on any atom is 0.244 e. The zero-order chi connectivity index (χ0) is 19.5. The lowest BCUT2D eigenvalue weighted by molar-refractivity contribution is -0.117. The highest BCUT2D eigenvalue weighted by Gasteiger charge is 2.24. The van der Waals surface area contributed by atoms with Gasteiger partial charge in [-0.05, 0) is 42.2 Å². The van der Waals surface area contributed by atoms with E-state index in [-0.39, 0.29) is 5.41 Å². The molecule has 0 fully saturated rings. The number of halogens is 1. The SMILES string of the molecule is CC(NS(=O)(=O)c1ccccc1F)C(=O)Nc1ccc(C(C)(C)C)cc1. The van der Waals surface area contributed by atoms with E-state index in [2.05, 4.69) is 30.8 Å². The summed E-state index contributed by atoms with van der Waals surface area (Å²) >= 11 is 0. The van der Waals surface area contributed by atoms with E-state index in [1.807, 2.05) is 12.1 Å². The molecule has 0 aliphatic heterocycles. The minimum Gasteiger partial charge on any atom is -0.325 e. The molecule has 0 aromatic heterocycles. The molecule has 0 spiro atoms. The van der Waals surface area contributed by atoms with Crippen molar-refractivity contribution >= 4 is 21.6 Å². The predicted octanol–water partition coefficient (Wildman–Crippen LogP) is 3.43. The Hall–Kier alpha value is -2.25. The fraction of sp³-hybridized carbons (Fsp3) is 0.316. The fourth-order valence-corrected chi connectivity index (χ4v) is 3.60. The summed E-state index contributed by atoms with van der Waals surface area (Å²) in [5.74, 6) is -1.40. The summed E-state index contributed by atoms with van der Waals surface area (Å²) in [5.41, 5.74) is 1.66. The van der Waals surface area contributed by atoms with Crippen LogP contribution in [0, 0.1) is 5.82 Å². The molecule has 0 radical (unpaired) electrons. The van der Waals surface area contributed by atoms with Crippen molar-refractivity contribution < 1.29 is 17.6 Å². The summed E-state index contributed by atoms with van der Waals surface area (Å²) in [6.45, 7) is 7.65. The number of amides is 1. The summed E-state index contributed by atoms with van der Waals surface area (Å²) in [5, 5.41) is 2.65. The van der Waals surface area contributed by atoms with Crippen LogP contribution in [0.3, 0.4) is 0 Å². The Balaban J connectivity index is 2.07. The molecule has 7 heteroatoms. The summed E-state index contributed by atoms with van der Waals surface area (Å²) in [4.78, 5) is 11.8. The molecule has 1 atom stereocenters. The van der Waals surface area contributed by atoms with E-state index in [4.69, 9.17) is 0 Å². The first kappa shape index (κ1) is 20.1. The van der Waals surface area contributed by atoms with Crippen LogP contribution in [0.25, 0.3) is 0 Å². The average Bonchev–Trinajstić information content (AvgIpc) is 2.54. The third-order valence-electron chi connectivity index (χ3n) is 3.87. The second-order valence-corrected chi connectivity index (χ2v) is 8.77. The van der Waals surface area contributed by atoms with Gasteiger partial charge in [0, 0.05) is 5.69 Å². The van der Waals surface area contributed by atoms with Gasteiger partial charge in [-0.3, -0.25) is 4.79 Å². The van der Waals surface area contributed by atoms with Crippen molar-refractivity contribution in [3.05, 3.63) is 59.9 Å². The Labute approximate surface area is 153 Å². The molecular formula is C19H23FN2O3S. The second kappa shape index (κ2) is 7.55. The first-order valence-corrected chi connectivity index (χ1v) is 9.67. The molecule has 2 rings (SSSR count). The molecule has 1 unspecified atom stereocenters. The van der Waals surface area contributed by atoms with Crippen LogP contribution in [-0.4, -0.2) is 20.4 Å². The number of benzene rings is 2. The second-order valence-electron chi connectivity index (χ2n) is 7.09. The van der Waals surface area contributed by atoms with Crippen LogP contribution < -0.4 is 10.0 Å². The van der Waals surface area contributed by atoms with Gasteiger partial charge < -0.3 is 5.32 Å². The molecule has 0 aliphatic rings. The number of sulfonamides is 1. The molecule has 0 saturated heterocycles. The molecule has 0 aliphatic carbocycles. The summed E-state index contributed by atoms with van der Waals surface area (Å²) in [7, 11) is -4.14. The third kappa shape index (κ3) is 4.89. The Morgan fingerprint density at radius 3 is 2.15 bits per heavy atom. The van der Waals surface area contributed by atoms with Crippen LogP contribution in [0.5, 0.6) is 0 Å². The van der Waals surface area contributed by atoms with Crippen molar-refractivity contribution in [1.29, 1.82) is 0 Å². The van der Waals surface area contributed by atoms with E-state index in [0.717, 1.165) is 17.7 Å². The highest BCUT2D eigenvalue weighted by atomic mass is 32.2. The number of rotatable bonds is 5. The molecule has 2 N–H and O–H groups in total. The average molecular weight is 378 g/mol. The van der Waals surface area contributed by atoms with Crippen molar-refractivity contribution in [2.24, 2.45) is 0 Å². The van der Waals surface area contributed by atoms with Gasteiger partial charge in [0.1, 0.15) is 10.7 Å². The quantitative estimate of drug-likeness (QED) is 0.837. The van der Waals surface area contributed by atoms with Gasteiger partial charge in [0.25, 0.3) is 0 Å². The number of carbonyl (C=O) groups is 1. The van der Waals surface area contributed by atoms with Crippen LogP contribution in [-0.2, 0) is 20.2 Å². The van der Waals surface area contributed by atoms with Crippen molar-refractivity contribution in [1.82, 2.24) is 4.72 Å². The molecule has 26 heavy (non-hydrogen) atoms. The van der Waals surface area contributed by atoms with Gasteiger partial charge in [0.2, 0.25) is 15.9 Å². The highest BCUT2D eigenvalue weighted by Crippen LogP contribution is 2.23. The lowest BCUT2D eigenvalue weighted by atomic mass is 9.87. The molecule has 0 saturated carbocycles. The lowest BCUT2D eigenvalue weighted by Crippen LogP contribution is -2.41. The van der Waals surface area contributed by atoms with E-state index in [1.165, 1.54) is 19.1 Å². The van der Waals surface area contributed by atoms with E-state index < -0.39 is 32.7 Å². The van der Waals surface area contributed by atoms with E-state index in [1.54, 1.807) is 12.1 Å². The third-order valence-corrected chi connectivity index (χ3v) is 5.44. The lowest BCUT2D eigenvalue weighted by Gasteiger charge is -2.19. The number of hydrogen-bond acceptors (Lipinski definition) is 3. The first-order chi connectivity index (χ1) is 12.0. The molecule has 2 aromatic rings. The molecule has 0 bridgehead atoms. The van der Waals surface area contributed by atoms with E-state index in [9.17, 15) is 17.6 Å². The van der Waals surface area contributed by atoms with Crippen LogP contribution in [0.1, 0.15) is 33.3 Å². The number of anilines is 1. The highest BCUT2D eigenvalue weighted by molar-refractivity contribution is 7.89. The van der Waals surface area contributed by atoms with E-state index >= 15 is 0 Å². The Bertz CT molecular complexity index is 888. The van der Waals surface area contributed by atoms with Crippen molar-refractivity contribution in [3.63, 3.8) is 0 Å². The standard InChI is InChI=1S/C19H23FN2O3S/c1-13(22-26(24,25)17-8-6-5-7-16(17)20)18(23)21-15-11-9-14(10-12-15)19(2,3)4/h5-13,22H,1-4H3,(H,21,23). The molecule has 0 heterocycles. The van der Waals surface area contributed by atoms with Gasteiger partial charge in [0.15, 0.2) is 0 Å². The molecule has 1 amide bonds. The molecular weight excluding hydrogens is 355 g/mol. The van der Waals surface area contributed by atoms with Gasteiger partial charge in [-0.1, -0.05) is 45.0 Å². The number of hydrogen-bond donors (Lipinski definition) is 2. The van der Waals surface area contributed by atoms with E-state index in [0.29, 0.717) is 5.69 Å². The summed E-state index contributed by atoms with van der Waals surface area (Å²) in [6, 6.07) is 11.3. The molecule has 2 aromatic carbocycles. The Morgan fingerprint density at radius 1 is 1.04 bits per heavy atom. The summed E-state index contributed by atoms with van der Waals surface area (Å²) < 4.78 is 40.4. The summed E-state index contributed by atoms with van der Waals surface area (Å²) in [6.07, 6.45) is 0. The van der Waals surface area contributed by atoms with Gasteiger partial charge in [-0.25, -0.2) is 12.8 Å². The van der Waals surface area contributed by atoms with Crippen LogP contribution >= 0.6 is 0 Å². The maximum atomic E-state index is 13.7. The monoisotopic (exact) mass is 378 g/mol. The smallest absolute Gasteiger partial charge is 0.244 e. The van der Waals surface area contributed by atoms with Crippen LogP contribution in [0.2, 0.25) is 0 Å². The normalized spacial score (nSPS) is 13.3. The Kier molecular flexibility index (Phi) is 5.83.